The molecule has 7 nitrogen and oxygen atoms in total. The van der Waals surface area contributed by atoms with Gasteiger partial charge in [-0.05, 0) is 30.2 Å². The van der Waals surface area contributed by atoms with Crippen LogP contribution in [0.25, 0.3) is 10.2 Å². The second kappa shape index (κ2) is 7.63. The first-order valence-corrected chi connectivity index (χ1v) is 10.1. The average molecular weight is 408 g/mol. The number of aromatic nitrogens is 1. The average Bonchev–Trinajstić information content (AvgIpc) is 3.07. The summed E-state index contributed by atoms with van der Waals surface area (Å²) in [5.41, 5.74) is 1.60. The topological polar surface area (TPSA) is 91.4 Å². The van der Waals surface area contributed by atoms with Crippen molar-refractivity contribution in [2.45, 2.75) is 19.9 Å². The third-order valence-corrected chi connectivity index (χ3v) is 5.72. The van der Waals surface area contributed by atoms with E-state index in [1.165, 1.54) is 16.2 Å². The molecule has 148 valence electrons. The number of hydrogen-bond donors (Lipinski definition) is 2. The molecule has 1 aromatic heterocycles. The Morgan fingerprint density at radius 1 is 1.17 bits per heavy atom. The second-order valence-corrected chi connectivity index (χ2v) is 8.20. The van der Waals surface area contributed by atoms with Crippen molar-refractivity contribution in [3.63, 3.8) is 0 Å². The summed E-state index contributed by atoms with van der Waals surface area (Å²) in [4.78, 5) is 44.2. The fraction of sp³-hybridized carbons (Fsp3) is 0.238. The molecule has 4 rings (SSSR count). The van der Waals surface area contributed by atoms with Crippen LogP contribution in [0.2, 0.25) is 0 Å². The molecule has 0 radical (unpaired) electrons. The van der Waals surface area contributed by atoms with Crippen LogP contribution in [0.1, 0.15) is 24.2 Å². The standard InChI is InChI=1S/C21H20N4O3S/c1-12(2)18-20(28)25(15-9-5-3-7-13(15)19(27)24-18)11-17(26)23-21-22-14-8-4-6-10-16(14)29-21/h3-10,12,18H,11H2,1-2H3,(H,24,27)(H,22,23,26)/t18-/m1/s1. The van der Waals surface area contributed by atoms with Crippen molar-refractivity contribution in [2.24, 2.45) is 5.92 Å². The second-order valence-electron chi connectivity index (χ2n) is 7.17. The Kier molecular flexibility index (Phi) is 5.02. The lowest BCUT2D eigenvalue weighted by Crippen LogP contribution is -2.50. The van der Waals surface area contributed by atoms with Gasteiger partial charge >= 0.3 is 0 Å². The van der Waals surface area contributed by atoms with Gasteiger partial charge in [0.05, 0.1) is 21.5 Å². The molecule has 3 aromatic rings. The number of amides is 3. The maximum Gasteiger partial charge on any atom is 0.254 e. The van der Waals surface area contributed by atoms with E-state index < -0.39 is 6.04 Å². The van der Waals surface area contributed by atoms with Crippen molar-refractivity contribution in [3.8, 4) is 0 Å². The summed E-state index contributed by atoms with van der Waals surface area (Å²) in [5.74, 6) is -1.11. The van der Waals surface area contributed by atoms with Gasteiger partial charge in [0.2, 0.25) is 11.8 Å². The Labute approximate surface area is 171 Å². The van der Waals surface area contributed by atoms with Crippen LogP contribution < -0.4 is 15.5 Å². The first kappa shape index (κ1) is 19.1. The zero-order valence-corrected chi connectivity index (χ0v) is 16.8. The number of nitrogens with zero attached hydrogens (tertiary/aromatic N) is 2. The molecule has 2 N–H and O–H groups in total. The highest BCUT2D eigenvalue weighted by Crippen LogP contribution is 2.27. The zero-order chi connectivity index (χ0) is 20.5. The van der Waals surface area contributed by atoms with Crippen molar-refractivity contribution < 1.29 is 14.4 Å². The predicted octanol–water partition coefficient (Wildman–Crippen LogP) is 3.04. The molecule has 0 saturated heterocycles. The minimum atomic E-state index is -0.704. The van der Waals surface area contributed by atoms with Crippen LogP contribution in [0.4, 0.5) is 10.8 Å². The van der Waals surface area contributed by atoms with Crippen molar-refractivity contribution in [1.29, 1.82) is 0 Å². The molecule has 0 unspecified atom stereocenters. The van der Waals surface area contributed by atoms with Gasteiger partial charge in [0, 0.05) is 0 Å². The van der Waals surface area contributed by atoms with E-state index in [1.807, 2.05) is 38.1 Å². The molecule has 0 saturated carbocycles. The van der Waals surface area contributed by atoms with Gasteiger partial charge < -0.3 is 15.5 Å². The van der Waals surface area contributed by atoms with E-state index in [9.17, 15) is 14.4 Å². The minimum Gasteiger partial charge on any atom is -0.340 e. The van der Waals surface area contributed by atoms with Gasteiger partial charge in [-0.15, -0.1) is 0 Å². The third kappa shape index (κ3) is 3.71. The Balaban J connectivity index is 1.62. The van der Waals surface area contributed by atoms with E-state index >= 15 is 0 Å². The summed E-state index contributed by atoms with van der Waals surface area (Å²) in [6, 6.07) is 13.7. The fourth-order valence-corrected chi connectivity index (χ4v) is 4.19. The summed E-state index contributed by atoms with van der Waals surface area (Å²) in [7, 11) is 0. The van der Waals surface area contributed by atoms with Crippen LogP contribution in [-0.4, -0.2) is 35.3 Å². The van der Waals surface area contributed by atoms with Crippen LogP contribution >= 0.6 is 11.3 Å². The van der Waals surface area contributed by atoms with Crippen LogP contribution in [0, 0.1) is 5.92 Å². The van der Waals surface area contributed by atoms with E-state index in [0.29, 0.717) is 16.4 Å². The zero-order valence-electron chi connectivity index (χ0n) is 16.0. The predicted molar refractivity (Wildman–Crippen MR) is 113 cm³/mol. The normalized spacial score (nSPS) is 16.5. The first-order valence-electron chi connectivity index (χ1n) is 9.30. The molecule has 0 aliphatic carbocycles. The number of hydrogen-bond acceptors (Lipinski definition) is 5. The number of para-hydroxylation sites is 2. The number of anilines is 2. The lowest BCUT2D eigenvalue weighted by molar-refractivity contribution is -0.123. The SMILES string of the molecule is CC(C)[C@H]1NC(=O)c2ccccc2N(CC(=O)Nc2nc3ccccc3s2)C1=O. The number of nitrogens with one attached hydrogen (secondary N) is 2. The van der Waals surface area contributed by atoms with Crippen LogP contribution in [0.5, 0.6) is 0 Å². The molecule has 0 spiro atoms. The molecule has 2 heterocycles. The Hall–Kier alpha value is -3.26. The summed E-state index contributed by atoms with van der Waals surface area (Å²) < 4.78 is 0.966. The maximum atomic E-state index is 13.1. The van der Waals surface area contributed by atoms with E-state index in [4.69, 9.17) is 0 Å². The van der Waals surface area contributed by atoms with Crippen molar-refractivity contribution >= 4 is 50.1 Å². The molecule has 0 fully saturated rings. The Morgan fingerprint density at radius 3 is 2.66 bits per heavy atom. The van der Waals surface area contributed by atoms with Crippen LogP contribution in [0.15, 0.2) is 48.5 Å². The van der Waals surface area contributed by atoms with Gasteiger partial charge in [0.15, 0.2) is 5.13 Å². The molecule has 8 heteroatoms. The van der Waals surface area contributed by atoms with E-state index in [2.05, 4.69) is 15.6 Å². The number of thiazole rings is 1. The van der Waals surface area contributed by atoms with E-state index in [0.717, 1.165) is 10.2 Å². The molecule has 1 atom stereocenters. The van der Waals surface area contributed by atoms with Crippen molar-refractivity contribution in [3.05, 3.63) is 54.1 Å². The summed E-state index contributed by atoms with van der Waals surface area (Å²) in [5, 5.41) is 6.03. The summed E-state index contributed by atoms with van der Waals surface area (Å²) >= 11 is 1.37. The van der Waals surface area contributed by atoms with Crippen LogP contribution in [0.3, 0.4) is 0 Å². The van der Waals surface area contributed by atoms with Gasteiger partial charge in [-0.3, -0.25) is 14.4 Å². The van der Waals surface area contributed by atoms with Gasteiger partial charge in [-0.2, -0.15) is 0 Å². The van der Waals surface area contributed by atoms with Gasteiger partial charge in [0.1, 0.15) is 12.6 Å². The third-order valence-electron chi connectivity index (χ3n) is 4.77. The number of benzene rings is 2. The summed E-state index contributed by atoms with van der Waals surface area (Å²) in [6.45, 7) is 3.51. The lowest BCUT2D eigenvalue weighted by Gasteiger charge is -2.26. The molecule has 2 aromatic carbocycles. The molecule has 3 amide bonds. The van der Waals surface area contributed by atoms with Crippen molar-refractivity contribution in [2.75, 3.05) is 16.8 Å². The van der Waals surface area contributed by atoms with Crippen molar-refractivity contribution in [1.82, 2.24) is 10.3 Å². The van der Waals surface area contributed by atoms with Gasteiger partial charge in [-0.1, -0.05) is 49.4 Å². The number of rotatable bonds is 4. The lowest BCUT2D eigenvalue weighted by atomic mass is 10.0. The minimum absolute atomic E-state index is 0.115. The number of fused-ring (bicyclic) bond motifs is 2. The first-order chi connectivity index (χ1) is 13.9. The smallest absolute Gasteiger partial charge is 0.254 e. The highest BCUT2D eigenvalue weighted by molar-refractivity contribution is 7.22. The van der Waals surface area contributed by atoms with Gasteiger partial charge in [0.25, 0.3) is 5.91 Å². The highest BCUT2D eigenvalue weighted by atomic mass is 32.1. The molecular formula is C21H20N4O3S. The molecule has 0 bridgehead atoms. The van der Waals surface area contributed by atoms with E-state index in [-0.39, 0.29) is 30.2 Å². The Morgan fingerprint density at radius 2 is 1.90 bits per heavy atom. The monoisotopic (exact) mass is 408 g/mol. The van der Waals surface area contributed by atoms with Crippen LogP contribution in [-0.2, 0) is 9.59 Å². The summed E-state index contributed by atoms with van der Waals surface area (Å²) in [6.07, 6.45) is 0. The fourth-order valence-electron chi connectivity index (χ4n) is 3.31. The molecule has 1 aliphatic heterocycles. The molecular weight excluding hydrogens is 388 g/mol. The quantitative estimate of drug-likeness (QED) is 0.694. The number of carbonyl (C=O) groups is 3. The number of carbonyl (C=O) groups excluding carboxylic acids is 3. The Bertz CT molecular complexity index is 1080. The maximum absolute atomic E-state index is 13.1. The largest absolute Gasteiger partial charge is 0.340 e. The highest BCUT2D eigenvalue weighted by Gasteiger charge is 2.36. The van der Waals surface area contributed by atoms with Gasteiger partial charge in [-0.25, -0.2) is 4.98 Å². The molecule has 29 heavy (non-hydrogen) atoms. The molecule has 1 aliphatic rings. The van der Waals surface area contributed by atoms with E-state index in [1.54, 1.807) is 24.3 Å².